The van der Waals surface area contributed by atoms with E-state index in [0.717, 1.165) is 70.6 Å². The Bertz CT molecular complexity index is 455. The summed E-state index contributed by atoms with van der Waals surface area (Å²) in [5.74, 6) is -0.173. The lowest BCUT2D eigenvalue weighted by Gasteiger charge is -2.33. The largest absolute Gasteiger partial charge is 0.353 e. The van der Waals surface area contributed by atoms with Crippen molar-refractivity contribution in [1.29, 1.82) is 0 Å². The predicted octanol–water partition coefficient (Wildman–Crippen LogP) is 2.53. The zero-order valence-electron chi connectivity index (χ0n) is 13.7. The molecule has 0 aromatic heterocycles. The highest BCUT2D eigenvalue weighted by Gasteiger charge is 2.21. The van der Waals surface area contributed by atoms with Gasteiger partial charge in [-0.25, -0.2) is 4.39 Å². The number of likely N-dealkylation sites (tertiary alicyclic amines) is 1. The number of benzene rings is 1. The van der Waals surface area contributed by atoms with Crippen LogP contribution < -0.4 is 5.32 Å². The lowest BCUT2D eigenvalue weighted by Crippen LogP contribution is -2.43. The van der Waals surface area contributed by atoms with Crippen LogP contribution in [-0.2, 0) is 16.0 Å². The highest BCUT2D eigenvalue weighted by Crippen LogP contribution is 2.14. The number of piperidine rings is 1. The molecule has 0 unspecified atom stereocenters. The lowest BCUT2D eigenvalue weighted by molar-refractivity contribution is -0.182. The van der Waals surface area contributed by atoms with Gasteiger partial charge in [-0.05, 0) is 50.0 Å². The average Bonchev–Trinajstić information content (AvgIpc) is 2.61. The van der Waals surface area contributed by atoms with Gasteiger partial charge in [0.05, 0.1) is 13.2 Å². The third-order valence-electron chi connectivity index (χ3n) is 4.67. The van der Waals surface area contributed by atoms with Gasteiger partial charge in [0.25, 0.3) is 0 Å². The Morgan fingerprint density at radius 1 is 1.09 bits per heavy atom. The normalized spacial score (nSPS) is 21.6. The Hall–Kier alpha value is -1.01. The van der Waals surface area contributed by atoms with E-state index in [1.807, 2.05) is 12.1 Å². The number of halogens is 1. The maximum Gasteiger partial charge on any atom is 0.158 e. The van der Waals surface area contributed by atoms with Gasteiger partial charge in [-0.2, -0.15) is 0 Å². The smallest absolute Gasteiger partial charge is 0.158 e. The first kappa shape index (κ1) is 16.8. The van der Waals surface area contributed by atoms with Gasteiger partial charge in [0.1, 0.15) is 5.82 Å². The van der Waals surface area contributed by atoms with E-state index >= 15 is 0 Å². The summed E-state index contributed by atoms with van der Waals surface area (Å²) in [6.07, 6.45) is 4.30. The summed E-state index contributed by atoms with van der Waals surface area (Å²) in [5, 5.41) is 3.58. The van der Waals surface area contributed by atoms with Crippen molar-refractivity contribution < 1.29 is 13.9 Å². The van der Waals surface area contributed by atoms with Gasteiger partial charge >= 0.3 is 0 Å². The summed E-state index contributed by atoms with van der Waals surface area (Å²) in [4.78, 5) is 2.50. The fourth-order valence-electron chi connectivity index (χ4n) is 3.22. The van der Waals surface area contributed by atoms with Crippen molar-refractivity contribution in [3.8, 4) is 0 Å². The second kappa shape index (κ2) is 8.73. The Balaban J connectivity index is 1.31. The zero-order chi connectivity index (χ0) is 15.9. The van der Waals surface area contributed by atoms with Crippen LogP contribution >= 0.6 is 0 Å². The standard InChI is InChI=1S/C18H27FN2O2/c19-16-4-2-15(3-5-16)14-20-17-6-9-21(10-7-17)11-8-18-22-12-1-13-23-18/h2-5,17-18,20H,1,6-14H2. The summed E-state index contributed by atoms with van der Waals surface area (Å²) in [6.45, 7) is 5.77. The molecule has 2 heterocycles. The van der Waals surface area contributed by atoms with E-state index in [-0.39, 0.29) is 12.1 Å². The molecule has 128 valence electrons. The van der Waals surface area contributed by atoms with Crippen molar-refractivity contribution in [2.75, 3.05) is 32.8 Å². The Kier molecular flexibility index (Phi) is 6.39. The molecule has 2 saturated heterocycles. The summed E-state index contributed by atoms with van der Waals surface area (Å²) in [6, 6.07) is 7.30. The van der Waals surface area contributed by atoms with Crippen molar-refractivity contribution in [3.63, 3.8) is 0 Å². The van der Waals surface area contributed by atoms with Gasteiger partial charge in [-0.15, -0.1) is 0 Å². The summed E-state index contributed by atoms with van der Waals surface area (Å²) in [7, 11) is 0. The molecule has 5 heteroatoms. The van der Waals surface area contributed by atoms with Gasteiger partial charge in [-0.3, -0.25) is 0 Å². The van der Waals surface area contributed by atoms with Crippen LogP contribution in [0.2, 0.25) is 0 Å². The van der Waals surface area contributed by atoms with E-state index in [2.05, 4.69) is 10.2 Å². The third kappa shape index (κ3) is 5.53. The Morgan fingerprint density at radius 2 is 1.78 bits per heavy atom. The van der Waals surface area contributed by atoms with E-state index in [4.69, 9.17) is 9.47 Å². The molecule has 3 rings (SSSR count). The van der Waals surface area contributed by atoms with Crippen LogP contribution in [0.5, 0.6) is 0 Å². The molecule has 0 aliphatic carbocycles. The van der Waals surface area contributed by atoms with Crippen LogP contribution in [0.1, 0.15) is 31.2 Å². The van der Waals surface area contributed by atoms with Gasteiger partial charge in [0.2, 0.25) is 0 Å². The molecule has 2 fully saturated rings. The first-order valence-electron chi connectivity index (χ1n) is 8.73. The number of rotatable bonds is 6. The number of hydrogen-bond donors (Lipinski definition) is 1. The molecule has 2 aliphatic rings. The van der Waals surface area contributed by atoms with E-state index in [1.165, 1.54) is 12.1 Å². The number of nitrogens with one attached hydrogen (secondary N) is 1. The van der Waals surface area contributed by atoms with Crippen LogP contribution in [0, 0.1) is 5.82 Å². The molecule has 0 radical (unpaired) electrons. The van der Waals surface area contributed by atoms with Crippen LogP contribution in [0.15, 0.2) is 24.3 Å². The minimum absolute atomic E-state index is 0.00178. The van der Waals surface area contributed by atoms with E-state index in [9.17, 15) is 4.39 Å². The molecule has 0 atom stereocenters. The lowest BCUT2D eigenvalue weighted by atomic mass is 10.0. The maximum atomic E-state index is 12.9. The van der Waals surface area contributed by atoms with Crippen molar-refractivity contribution in [2.24, 2.45) is 0 Å². The van der Waals surface area contributed by atoms with Gasteiger partial charge in [0.15, 0.2) is 6.29 Å². The van der Waals surface area contributed by atoms with Crippen LogP contribution in [0.3, 0.4) is 0 Å². The SMILES string of the molecule is Fc1ccc(CNC2CCN(CCC3OCCCO3)CC2)cc1. The first-order valence-corrected chi connectivity index (χ1v) is 8.73. The molecule has 1 aromatic carbocycles. The molecule has 0 saturated carbocycles. The van der Waals surface area contributed by atoms with E-state index in [1.54, 1.807) is 0 Å². The minimum atomic E-state index is -0.173. The topological polar surface area (TPSA) is 33.7 Å². The number of nitrogens with zero attached hydrogens (tertiary/aromatic N) is 1. The molecule has 0 bridgehead atoms. The molecular formula is C18H27FN2O2. The van der Waals surface area contributed by atoms with Crippen LogP contribution in [0.25, 0.3) is 0 Å². The third-order valence-corrected chi connectivity index (χ3v) is 4.67. The van der Waals surface area contributed by atoms with E-state index < -0.39 is 0 Å². The highest BCUT2D eigenvalue weighted by atomic mass is 19.1. The monoisotopic (exact) mass is 322 g/mol. The number of hydrogen-bond acceptors (Lipinski definition) is 4. The van der Waals surface area contributed by atoms with Gasteiger partial charge in [-0.1, -0.05) is 12.1 Å². The van der Waals surface area contributed by atoms with Crippen molar-refractivity contribution in [2.45, 2.75) is 44.6 Å². The predicted molar refractivity (Wildman–Crippen MR) is 87.6 cm³/mol. The Labute approximate surface area is 138 Å². The number of ether oxygens (including phenoxy) is 2. The average molecular weight is 322 g/mol. The van der Waals surface area contributed by atoms with Crippen LogP contribution in [-0.4, -0.2) is 50.1 Å². The minimum Gasteiger partial charge on any atom is -0.353 e. The first-order chi connectivity index (χ1) is 11.3. The molecular weight excluding hydrogens is 295 g/mol. The van der Waals surface area contributed by atoms with Gasteiger partial charge in [0, 0.05) is 25.6 Å². The molecule has 23 heavy (non-hydrogen) atoms. The highest BCUT2D eigenvalue weighted by molar-refractivity contribution is 5.15. The molecule has 4 nitrogen and oxygen atoms in total. The summed E-state index contributed by atoms with van der Waals surface area (Å²) >= 11 is 0. The second-order valence-electron chi connectivity index (χ2n) is 6.44. The summed E-state index contributed by atoms with van der Waals surface area (Å²) in [5.41, 5.74) is 1.14. The molecule has 1 aromatic rings. The molecule has 0 amide bonds. The fourth-order valence-corrected chi connectivity index (χ4v) is 3.22. The van der Waals surface area contributed by atoms with Crippen LogP contribution in [0.4, 0.5) is 4.39 Å². The quantitative estimate of drug-likeness (QED) is 0.873. The fraction of sp³-hybridized carbons (Fsp3) is 0.667. The molecule has 2 aliphatic heterocycles. The van der Waals surface area contributed by atoms with Gasteiger partial charge < -0.3 is 19.7 Å². The Morgan fingerprint density at radius 3 is 2.48 bits per heavy atom. The zero-order valence-corrected chi connectivity index (χ0v) is 13.7. The van der Waals surface area contributed by atoms with Crippen molar-refractivity contribution in [1.82, 2.24) is 10.2 Å². The summed E-state index contributed by atoms with van der Waals surface area (Å²) < 4.78 is 24.1. The van der Waals surface area contributed by atoms with Crippen molar-refractivity contribution in [3.05, 3.63) is 35.6 Å². The maximum absolute atomic E-state index is 12.9. The second-order valence-corrected chi connectivity index (χ2v) is 6.44. The van der Waals surface area contributed by atoms with E-state index in [0.29, 0.717) is 6.04 Å². The molecule has 0 spiro atoms. The molecule has 1 N–H and O–H groups in total. The van der Waals surface area contributed by atoms with Crippen molar-refractivity contribution >= 4 is 0 Å².